The maximum absolute atomic E-state index is 6.18. The summed E-state index contributed by atoms with van der Waals surface area (Å²) >= 11 is 5.98. The van der Waals surface area contributed by atoms with Crippen molar-refractivity contribution in [1.29, 1.82) is 0 Å². The van der Waals surface area contributed by atoms with Crippen LogP contribution >= 0.6 is 12.2 Å². The number of anilines is 1. The van der Waals surface area contributed by atoms with Crippen LogP contribution in [0.1, 0.15) is 52.8 Å². The first-order valence-electron chi connectivity index (χ1n) is 14.1. The van der Waals surface area contributed by atoms with E-state index >= 15 is 0 Å². The van der Waals surface area contributed by atoms with E-state index in [9.17, 15) is 0 Å². The number of hydrogen-bond acceptors (Lipinski definition) is 3. The van der Waals surface area contributed by atoms with E-state index in [1.54, 1.807) is 0 Å². The highest BCUT2D eigenvalue weighted by Crippen LogP contribution is 2.44. The Kier molecular flexibility index (Phi) is 7.33. The van der Waals surface area contributed by atoms with Crippen molar-refractivity contribution in [2.75, 3.05) is 4.90 Å². The predicted molar refractivity (Wildman–Crippen MR) is 170 cm³/mol. The topological polar surface area (TPSA) is 42.3 Å². The van der Waals surface area contributed by atoms with Gasteiger partial charge in [-0.05, 0) is 117 Å². The van der Waals surface area contributed by atoms with Gasteiger partial charge in [0, 0.05) is 29.0 Å². The molecule has 5 nitrogen and oxygen atoms in total. The van der Waals surface area contributed by atoms with E-state index in [-0.39, 0.29) is 12.1 Å². The zero-order valence-corrected chi connectivity index (χ0v) is 24.7. The minimum Gasteiger partial charge on any atom is -0.457 e. The zero-order valence-electron chi connectivity index (χ0n) is 23.8. The van der Waals surface area contributed by atoms with Gasteiger partial charge in [-0.1, -0.05) is 43.3 Å². The van der Waals surface area contributed by atoms with Crippen molar-refractivity contribution in [2.45, 2.75) is 46.2 Å². The van der Waals surface area contributed by atoms with Crippen LogP contribution in [-0.4, -0.2) is 14.7 Å². The van der Waals surface area contributed by atoms with Crippen molar-refractivity contribution in [3.63, 3.8) is 0 Å². The predicted octanol–water partition coefficient (Wildman–Crippen LogP) is 8.33. The van der Waals surface area contributed by atoms with E-state index in [0.717, 1.165) is 40.6 Å². The minimum absolute atomic E-state index is 0.0876. The van der Waals surface area contributed by atoms with E-state index in [4.69, 9.17) is 21.9 Å². The average molecular weight is 559 g/mol. The van der Waals surface area contributed by atoms with E-state index in [2.05, 4.69) is 97.1 Å². The maximum Gasteiger partial charge on any atom is 0.174 e. The van der Waals surface area contributed by atoms with Crippen LogP contribution in [0.25, 0.3) is 5.69 Å². The van der Waals surface area contributed by atoms with Gasteiger partial charge in [0.15, 0.2) is 5.11 Å². The number of thiocarbonyl (C=S) groups is 1. The van der Waals surface area contributed by atoms with E-state index in [1.165, 1.54) is 22.5 Å². The molecule has 1 N–H and O–H groups in total. The van der Waals surface area contributed by atoms with E-state index in [0.29, 0.717) is 5.11 Å². The number of hydrogen-bond donors (Lipinski definition) is 1. The zero-order chi connectivity index (χ0) is 28.5. The smallest absolute Gasteiger partial charge is 0.174 e. The molecule has 1 saturated heterocycles. The van der Waals surface area contributed by atoms with Gasteiger partial charge < -0.3 is 19.5 Å². The third-order valence-electron chi connectivity index (χ3n) is 7.93. The fraction of sp³-hybridized carbons (Fsp3) is 0.200. The van der Waals surface area contributed by atoms with Crippen LogP contribution in [0.2, 0.25) is 0 Å². The van der Waals surface area contributed by atoms with Crippen LogP contribution in [-0.2, 0) is 6.42 Å². The third-order valence-corrected chi connectivity index (χ3v) is 8.24. The van der Waals surface area contributed by atoms with Crippen LogP contribution in [0.5, 0.6) is 11.5 Å². The van der Waals surface area contributed by atoms with E-state index in [1.807, 2.05) is 48.7 Å². The molecule has 3 aromatic carbocycles. The highest BCUT2D eigenvalue weighted by molar-refractivity contribution is 7.80. The lowest BCUT2D eigenvalue weighted by atomic mass is 9.96. The van der Waals surface area contributed by atoms with Crippen molar-refractivity contribution in [3.05, 3.63) is 137 Å². The van der Waals surface area contributed by atoms with Crippen LogP contribution in [0.4, 0.5) is 5.69 Å². The summed E-state index contributed by atoms with van der Waals surface area (Å²) in [4.78, 5) is 6.95. The third kappa shape index (κ3) is 5.11. The lowest BCUT2D eigenvalue weighted by molar-refractivity contribution is 0.479. The molecule has 6 heteroatoms. The molecular weight excluding hydrogens is 524 g/mol. The molecule has 0 bridgehead atoms. The molecule has 0 radical (unpaired) electrons. The number of ether oxygens (including phenoxy) is 1. The van der Waals surface area contributed by atoms with Crippen molar-refractivity contribution in [1.82, 2.24) is 14.9 Å². The van der Waals surface area contributed by atoms with Crippen molar-refractivity contribution < 1.29 is 4.74 Å². The molecule has 0 aliphatic carbocycles. The second-order valence-electron chi connectivity index (χ2n) is 10.5. The number of aryl methyl sites for hydroxylation is 3. The molecule has 0 spiro atoms. The number of nitrogens with zero attached hydrogens (tertiary/aromatic N) is 3. The van der Waals surface area contributed by atoms with Crippen LogP contribution in [0, 0.1) is 20.8 Å². The molecule has 5 aromatic rings. The fourth-order valence-corrected chi connectivity index (χ4v) is 6.13. The van der Waals surface area contributed by atoms with Gasteiger partial charge in [-0.15, -0.1) is 0 Å². The molecule has 1 aliphatic rings. The number of aromatic nitrogens is 2. The summed E-state index contributed by atoms with van der Waals surface area (Å²) in [5, 5.41) is 4.27. The standard InChI is InChI=1S/C35H34N4OS/c1-5-26-13-15-27(16-14-26)38-24(3)22-30(25(38)4)34-33(31-11-8-9-21-36-31)37-35(41)39(34)28-17-19-29(20-18-28)40-32-12-7-6-10-23(32)2/h6-22,33-34H,5H2,1-4H3,(H,37,41)/t33-,34-/m1/s1. The number of para-hydroxylation sites is 1. The first-order chi connectivity index (χ1) is 19.9. The summed E-state index contributed by atoms with van der Waals surface area (Å²) in [6.45, 7) is 8.60. The Hall–Kier alpha value is -4.42. The second kappa shape index (κ2) is 11.2. The van der Waals surface area contributed by atoms with Crippen molar-refractivity contribution in [3.8, 4) is 17.2 Å². The fourth-order valence-electron chi connectivity index (χ4n) is 5.79. The van der Waals surface area contributed by atoms with Gasteiger partial charge in [0.1, 0.15) is 11.5 Å². The lowest BCUT2D eigenvalue weighted by Crippen LogP contribution is -2.29. The first kappa shape index (κ1) is 26.8. The molecule has 0 unspecified atom stereocenters. The molecule has 41 heavy (non-hydrogen) atoms. The Labute approximate surface area is 247 Å². The number of nitrogens with one attached hydrogen (secondary N) is 1. The van der Waals surface area contributed by atoms with E-state index < -0.39 is 0 Å². The minimum atomic E-state index is -0.108. The molecular formula is C35H34N4OS. The molecule has 1 fully saturated rings. The molecule has 3 heterocycles. The lowest BCUT2D eigenvalue weighted by Gasteiger charge is -2.28. The number of pyridine rings is 1. The summed E-state index contributed by atoms with van der Waals surface area (Å²) in [6.07, 6.45) is 2.87. The largest absolute Gasteiger partial charge is 0.457 e. The summed E-state index contributed by atoms with van der Waals surface area (Å²) in [5.41, 5.74) is 9.13. The van der Waals surface area contributed by atoms with Gasteiger partial charge in [-0.2, -0.15) is 0 Å². The number of benzene rings is 3. The Morgan fingerprint density at radius 3 is 2.24 bits per heavy atom. The second-order valence-corrected chi connectivity index (χ2v) is 10.9. The summed E-state index contributed by atoms with van der Waals surface area (Å²) in [6, 6.07) is 33.2. The van der Waals surface area contributed by atoms with Crippen molar-refractivity contribution >= 4 is 23.0 Å². The Balaban J connectivity index is 1.40. The van der Waals surface area contributed by atoms with Crippen LogP contribution in [0.15, 0.2) is 103 Å². The van der Waals surface area contributed by atoms with Gasteiger partial charge in [-0.3, -0.25) is 4.98 Å². The monoisotopic (exact) mass is 558 g/mol. The molecule has 6 rings (SSSR count). The molecule has 2 atom stereocenters. The van der Waals surface area contributed by atoms with Crippen LogP contribution in [0.3, 0.4) is 0 Å². The van der Waals surface area contributed by atoms with Gasteiger partial charge in [0.05, 0.1) is 17.8 Å². The molecule has 206 valence electrons. The van der Waals surface area contributed by atoms with Gasteiger partial charge in [0.25, 0.3) is 0 Å². The van der Waals surface area contributed by atoms with Gasteiger partial charge >= 0.3 is 0 Å². The summed E-state index contributed by atoms with van der Waals surface area (Å²) in [5.74, 6) is 1.64. The Bertz CT molecular complexity index is 1680. The van der Waals surface area contributed by atoms with Gasteiger partial charge in [-0.25, -0.2) is 0 Å². The molecule has 0 saturated carbocycles. The quantitative estimate of drug-likeness (QED) is 0.203. The molecule has 0 amide bonds. The normalized spacial score (nSPS) is 16.6. The Morgan fingerprint density at radius 1 is 0.854 bits per heavy atom. The highest BCUT2D eigenvalue weighted by Gasteiger charge is 2.42. The summed E-state index contributed by atoms with van der Waals surface area (Å²) < 4.78 is 8.52. The summed E-state index contributed by atoms with van der Waals surface area (Å²) in [7, 11) is 0. The van der Waals surface area contributed by atoms with Crippen LogP contribution < -0.4 is 15.0 Å². The maximum atomic E-state index is 6.18. The first-order valence-corrected chi connectivity index (χ1v) is 14.5. The highest BCUT2D eigenvalue weighted by atomic mass is 32.1. The number of rotatable bonds is 7. The molecule has 1 aliphatic heterocycles. The van der Waals surface area contributed by atoms with Crippen molar-refractivity contribution in [2.24, 2.45) is 0 Å². The molecule has 2 aromatic heterocycles. The average Bonchev–Trinajstić information content (AvgIpc) is 3.49. The Morgan fingerprint density at radius 2 is 1.56 bits per heavy atom. The SMILES string of the molecule is CCc1ccc(-n2c(C)cc([C@@H]3[C@@H](c4ccccn4)NC(=S)N3c3ccc(Oc4ccccc4C)cc3)c2C)cc1. The van der Waals surface area contributed by atoms with Gasteiger partial charge in [0.2, 0.25) is 0 Å².